The summed E-state index contributed by atoms with van der Waals surface area (Å²) in [6.45, 7) is 7.62. The number of carbonyl (C=O) groups excluding carboxylic acids is 2. The van der Waals surface area contributed by atoms with E-state index in [0.29, 0.717) is 57.5 Å². The minimum atomic E-state index is -4.01. The van der Waals surface area contributed by atoms with E-state index in [1.807, 2.05) is 40.1 Å². The molecule has 0 spiro atoms. The summed E-state index contributed by atoms with van der Waals surface area (Å²) in [5.74, 6) is 1.58. The molecule has 0 bridgehead atoms. The first kappa shape index (κ1) is 33.0. The van der Waals surface area contributed by atoms with Crippen LogP contribution in [0.5, 0.6) is 5.75 Å². The molecule has 3 aromatic carbocycles. The standard InChI is InChI=1S/C36H43N3O7S/c1-25-7-3-12-33(26(25)2)45-19-6-13-34(40)39-23-29-22-31(29)35-30(10-5-11-32(35)39)28-9-4-8-27(21-28)24-46-36(41)38-16-14-37(15-17-38)18-20-47(42,43)44/h3-5,7-12,21,29,31H,6,13-20,22-24H2,1-2H3,(H,42,43,44). The zero-order valence-corrected chi connectivity index (χ0v) is 27.9. The normalized spacial score (nSPS) is 19.1. The second kappa shape index (κ2) is 14.0. The Morgan fingerprint density at radius 1 is 0.979 bits per heavy atom. The Kier molecular flexibility index (Phi) is 9.86. The molecule has 2 atom stereocenters. The smallest absolute Gasteiger partial charge is 0.410 e. The molecule has 1 saturated carbocycles. The van der Waals surface area contributed by atoms with Gasteiger partial charge in [0.25, 0.3) is 10.1 Å². The van der Waals surface area contributed by atoms with Crippen molar-refractivity contribution < 1.29 is 32.0 Å². The number of carbonyl (C=O) groups is 2. The molecule has 0 radical (unpaired) electrons. The van der Waals surface area contributed by atoms with Gasteiger partial charge in [-0.2, -0.15) is 8.42 Å². The molecule has 3 aliphatic rings. The first-order chi connectivity index (χ1) is 22.6. The van der Waals surface area contributed by atoms with E-state index < -0.39 is 16.2 Å². The Bertz CT molecular complexity index is 1740. The average molecular weight is 662 g/mol. The van der Waals surface area contributed by atoms with E-state index >= 15 is 0 Å². The van der Waals surface area contributed by atoms with Gasteiger partial charge in [-0.25, -0.2) is 4.79 Å². The van der Waals surface area contributed by atoms with Crippen molar-refractivity contribution in [1.29, 1.82) is 0 Å². The van der Waals surface area contributed by atoms with E-state index in [1.54, 1.807) is 4.90 Å². The van der Waals surface area contributed by atoms with E-state index in [0.717, 1.165) is 46.7 Å². The fraction of sp³-hybridized carbons (Fsp3) is 0.444. The Hall–Kier alpha value is -3.93. The lowest BCUT2D eigenvalue weighted by molar-refractivity contribution is -0.119. The Morgan fingerprint density at radius 2 is 1.74 bits per heavy atom. The highest BCUT2D eigenvalue weighted by Crippen LogP contribution is 2.57. The van der Waals surface area contributed by atoms with E-state index in [1.165, 1.54) is 11.1 Å². The van der Waals surface area contributed by atoms with Gasteiger partial charge >= 0.3 is 6.09 Å². The van der Waals surface area contributed by atoms with Gasteiger partial charge in [0.1, 0.15) is 12.4 Å². The van der Waals surface area contributed by atoms with Crippen LogP contribution < -0.4 is 9.64 Å². The van der Waals surface area contributed by atoms with Crippen LogP contribution in [-0.2, 0) is 26.3 Å². The zero-order valence-electron chi connectivity index (χ0n) is 27.1. The van der Waals surface area contributed by atoms with Gasteiger partial charge in [-0.15, -0.1) is 0 Å². The number of hydrogen-bond acceptors (Lipinski definition) is 7. The molecule has 10 nitrogen and oxygen atoms in total. The number of anilines is 1. The fourth-order valence-electron chi connectivity index (χ4n) is 6.69. The van der Waals surface area contributed by atoms with Crippen molar-refractivity contribution in [2.24, 2.45) is 5.92 Å². The maximum absolute atomic E-state index is 13.5. The van der Waals surface area contributed by atoms with Crippen molar-refractivity contribution in [3.63, 3.8) is 0 Å². The molecular formula is C36H43N3O7S. The van der Waals surface area contributed by atoms with Crippen LogP contribution in [0.25, 0.3) is 11.1 Å². The fourth-order valence-corrected chi connectivity index (χ4v) is 7.18. The average Bonchev–Trinajstić information content (AvgIpc) is 3.86. The lowest BCUT2D eigenvalue weighted by atomic mass is 9.91. The molecule has 2 aliphatic heterocycles. The number of piperazine rings is 1. The number of benzene rings is 3. The van der Waals surface area contributed by atoms with Gasteiger partial charge in [-0.1, -0.05) is 42.5 Å². The quantitative estimate of drug-likeness (QED) is 0.214. The number of amides is 2. The summed E-state index contributed by atoms with van der Waals surface area (Å²) in [6.07, 6.45) is 1.74. The molecule has 6 rings (SSSR count). The van der Waals surface area contributed by atoms with Crippen LogP contribution >= 0.6 is 0 Å². The van der Waals surface area contributed by atoms with Crippen LogP contribution in [0, 0.1) is 19.8 Å². The third-order valence-electron chi connectivity index (χ3n) is 9.63. The second-order valence-electron chi connectivity index (χ2n) is 12.9. The van der Waals surface area contributed by atoms with Crippen molar-refractivity contribution in [3.8, 4) is 16.9 Å². The largest absolute Gasteiger partial charge is 0.493 e. The Morgan fingerprint density at radius 3 is 2.53 bits per heavy atom. The molecule has 3 aromatic rings. The van der Waals surface area contributed by atoms with Crippen molar-refractivity contribution >= 4 is 27.8 Å². The first-order valence-corrected chi connectivity index (χ1v) is 18.0. The van der Waals surface area contributed by atoms with Gasteiger partial charge in [0, 0.05) is 51.4 Å². The zero-order chi connectivity index (χ0) is 33.1. The highest BCUT2D eigenvalue weighted by atomic mass is 32.2. The van der Waals surface area contributed by atoms with Crippen LogP contribution in [0.15, 0.2) is 60.7 Å². The van der Waals surface area contributed by atoms with Gasteiger partial charge in [0.05, 0.1) is 12.4 Å². The van der Waals surface area contributed by atoms with Gasteiger partial charge < -0.3 is 19.3 Å². The summed E-state index contributed by atoms with van der Waals surface area (Å²) in [5, 5.41) is 0. The Labute approximate surface area is 277 Å². The topological polar surface area (TPSA) is 117 Å². The van der Waals surface area contributed by atoms with E-state index in [2.05, 4.69) is 44.2 Å². The lowest BCUT2D eigenvalue weighted by Gasteiger charge is -2.33. The van der Waals surface area contributed by atoms with Crippen molar-refractivity contribution in [2.75, 3.05) is 56.5 Å². The highest BCUT2D eigenvalue weighted by Gasteiger charge is 2.47. The van der Waals surface area contributed by atoms with E-state index in [-0.39, 0.29) is 24.8 Å². The van der Waals surface area contributed by atoms with Crippen LogP contribution in [0.3, 0.4) is 0 Å². The molecule has 47 heavy (non-hydrogen) atoms. The molecule has 11 heteroatoms. The maximum Gasteiger partial charge on any atom is 0.410 e. The molecule has 1 saturated heterocycles. The molecule has 2 amide bonds. The van der Waals surface area contributed by atoms with Gasteiger partial charge in [0.15, 0.2) is 0 Å². The summed E-state index contributed by atoms with van der Waals surface area (Å²) in [5.41, 5.74) is 7.56. The summed E-state index contributed by atoms with van der Waals surface area (Å²) < 4.78 is 42.7. The monoisotopic (exact) mass is 661 g/mol. The minimum absolute atomic E-state index is 0.123. The van der Waals surface area contributed by atoms with E-state index in [9.17, 15) is 18.0 Å². The number of nitrogens with zero attached hydrogens (tertiary/aromatic N) is 3. The Balaban J connectivity index is 1.06. The summed E-state index contributed by atoms with van der Waals surface area (Å²) in [7, 11) is -4.01. The number of fused-ring (bicyclic) bond motifs is 3. The second-order valence-corrected chi connectivity index (χ2v) is 14.4. The number of aryl methyl sites for hydroxylation is 1. The van der Waals surface area contributed by atoms with Crippen LogP contribution in [0.1, 0.15) is 47.4 Å². The lowest BCUT2D eigenvalue weighted by Crippen LogP contribution is -2.49. The van der Waals surface area contributed by atoms with Crippen molar-refractivity contribution in [1.82, 2.24) is 9.80 Å². The highest BCUT2D eigenvalue weighted by molar-refractivity contribution is 7.85. The molecule has 2 unspecified atom stereocenters. The van der Waals surface area contributed by atoms with Gasteiger partial charge in [-0.05, 0) is 90.1 Å². The molecule has 250 valence electrons. The molecule has 1 aliphatic carbocycles. The van der Waals surface area contributed by atoms with Crippen LogP contribution in [0.2, 0.25) is 0 Å². The number of hydrogen-bond donors (Lipinski definition) is 1. The number of rotatable bonds is 11. The maximum atomic E-state index is 13.5. The predicted molar refractivity (Wildman–Crippen MR) is 180 cm³/mol. The SMILES string of the molecule is Cc1cccc(OCCCC(=O)N2CC3CC3c3c(-c4cccc(COC(=O)N5CCN(CCS(=O)(=O)O)CC5)c4)cccc32)c1C. The molecule has 0 aromatic heterocycles. The van der Waals surface area contributed by atoms with Gasteiger partial charge in [-0.3, -0.25) is 14.2 Å². The van der Waals surface area contributed by atoms with Crippen LogP contribution in [0.4, 0.5) is 10.5 Å². The van der Waals surface area contributed by atoms with E-state index in [4.69, 9.17) is 14.0 Å². The summed E-state index contributed by atoms with van der Waals surface area (Å²) in [4.78, 5) is 31.8. The molecular weight excluding hydrogens is 618 g/mol. The van der Waals surface area contributed by atoms with Gasteiger partial charge in [0.2, 0.25) is 5.91 Å². The molecule has 2 fully saturated rings. The summed E-state index contributed by atoms with van der Waals surface area (Å²) in [6, 6.07) is 20.3. The predicted octanol–water partition coefficient (Wildman–Crippen LogP) is 5.42. The van der Waals surface area contributed by atoms with Crippen molar-refractivity contribution in [2.45, 2.75) is 45.6 Å². The summed E-state index contributed by atoms with van der Waals surface area (Å²) >= 11 is 0. The number of ether oxygens (including phenoxy) is 2. The van der Waals surface area contributed by atoms with Crippen LogP contribution in [-0.4, -0.2) is 86.4 Å². The first-order valence-electron chi connectivity index (χ1n) is 16.4. The third kappa shape index (κ3) is 7.97. The third-order valence-corrected chi connectivity index (χ3v) is 10.3. The molecule has 1 N–H and O–H groups in total. The molecule has 2 heterocycles. The van der Waals surface area contributed by atoms with Crippen molar-refractivity contribution in [3.05, 3.63) is 82.9 Å². The minimum Gasteiger partial charge on any atom is -0.493 e.